The summed E-state index contributed by atoms with van der Waals surface area (Å²) in [6.45, 7) is 0.0671. The van der Waals surface area contributed by atoms with E-state index in [1.807, 2.05) is 0 Å². The van der Waals surface area contributed by atoms with Gasteiger partial charge in [0.2, 0.25) is 5.91 Å². The van der Waals surface area contributed by atoms with Gasteiger partial charge in [0.25, 0.3) is 0 Å². The fraction of sp³-hybridized carbons (Fsp3) is 0.267. The van der Waals surface area contributed by atoms with Crippen LogP contribution in [-0.2, 0) is 11.3 Å². The number of nitrogens with zero attached hydrogens (tertiary/aromatic N) is 2. The van der Waals surface area contributed by atoms with E-state index in [2.05, 4.69) is 10.4 Å². The molecular formula is C15H14F3N3O3. The number of carboxylic acids is 1. The van der Waals surface area contributed by atoms with Crippen molar-refractivity contribution in [2.75, 3.05) is 0 Å². The van der Waals surface area contributed by atoms with Gasteiger partial charge >= 0.3 is 12.1 Å². The number of carboxylic acid groups (broad SMARTS) is 1. The Balaban J connectivity index is 1.97. The molecule has 0 atom stereocenters. The molecule has 0 unspecified atom stereocenters. The fourth-order valence-electron chi connectivity index (χ4n) is 1.94. The number of aromatic nitrogens is 2. The standard InChI is InChI=1S/C15H14F3N3O3/c16-15(17,18)6-4-13(22)19-9-10-2-1-3-11(8-10)21-7-5-12(20-21)14(23)24/h1-3,5,7-8H,4,6,9H2,(H,19,22)(H,23,24). The lowest BCUT2D eigenvalue weighted by molar-refractivity contribution is -0.144. The zero-order valence-corrected chi connectivity index (χ0v) is 12.4. The molecule has 0 radical (unpaired) electrons. The summed E-state index contributed by atoms with van der Waals surface area (Å²) < 4.78 is 37.5. The average Bonchev–Trinajstić information content (AvgIpc) is 3.01. The third-order valence-electron chi connectivity index (χ3n) is 3.11. The first-order valence-corrected chi connectivity index (χ1v) is 6.96. The number of rotatable bonds is 6. The van der Waals surface area contributed by atoms with Crippen LogP contribution in [0.5, 0.6) is 0 Å². The Morgan fingerprint density at radius 2 is 2.00 bits per heavy atom. The van der Waals surface area contributed by atoms with E-state index in [1.54, 1.807) is 24.3 Å². The van der Waals surface area contributed by atoms with E-state index in [-0.39, 0.29) is 12.2 Å². The third-order valence-corrected chi connectivity index (χ3v) is 3.11. The molecule has 0 saturated heterocycles. The van der Waals surface area contributed by atoms with Gasteiger partial charge < -0.3 is 10.4 Å². The topological polar surface area (TPSA) is 84.2 Å². The summed E-state index contributed by atoms with van der Waals surface area (Å²) in [4.78, 5) is 22.2. The summed E-state index contributed by atoms with van der Waals surface area (Å²) in [6, 6.07) is 8.05. The highest BCUT2D eigenvalue weighted by Gasteiger charge is 2.27. The molecule has 2 rings (SSSR count). The molecule has 128 valence electrons. The van der Waals surface area contributed by atoms with Gasteiger partial charge in [0, 0.05) is 19.2 Å². The molecule has 0 saturated carbocycles. The molecular weight excluding hydrogens is 327 g/mol. The van der Waals surface area contributed by atoms with Crippen molar-refractivity contribution < 1.29 is 27.9 Å². The summed E-state index contributed by atoms with van der Waals surface area (Å²) >= 11 is 0. The molecule has 1 heterocycles. The monoisotopic (exact) mass is 341 g/mol. The van der Waals surface area contributed by atoms with Crippen molar-refractivity contribution in [1.29, 1.82) is 0 Å². The van der Waals surface area contributed by atoms with E-state index in [9.17, 15) is 22.8 Å². The molecule has 0 aliphatic rings. The van der Waals surface area contributed by atoms with E-state index < -0.39 is 30.9 Å². The van der Waals surface area contributed by atoms with Crippen molar-refractivity contribution in [3.8, 4) is 5.69 Å². The van der Waals surface area contributed by atoms with Gasteiger partial charge in [0.1, 0.15) is 0 Å². The lowest BCUT2D eigenvalue weighted by Gasteiger charge is -2.09. The Kier molecular flexibility index (Phi) is 5.22. The molecule has 1 aromatic heterocycles. The molecule has 0 aliphatic heterocycles. The van der Waals surface area contributed by atoms with Crippen LogP contribution in [0.1, 0.15) is 28.9 Å². The number of carbonyl (C=O) groups excluding carboxylic acids is 1. The highest BCUT2D eigenvalue weighted by Crippen LogP contribution is 2.21. The summed E-state index contributed by atoms with van der Waals surface area (Å²) in [5.41, 5.74) is 1.12. The number of alkyl halides is 3. The predicted molar refractivity (Wildman–Crippen MR) is 77.7 cm³/mol. The molecule has 24 heavy (non-hydrogen) atoms. The number of hydrogen-bond donors (Lipinski definition) is 2. The smallest absolute Gasteiger partial charge is 0.389 e. The average molecular weight is 341 g/mol. The van der Waals surface area contributed by atoms with Gasteiger partial charge in [-0.05, 0) is 23.8 Å². The van der Waals surface area contributed by atoms with Crippen LogP contribution in [-0.4, -0.2) is 32.9 Å². The molecule has 1 aromatic carbocycles. The van der Waals surface area contributed by atoms with Crippen LogP contribution in [0.15, 0.2) is 36.5 Å². The van der Waals surface area contributed by atoms with E-state index in [0.717, 1.165) is 0 Å². The Labute approximate surface area is 134 Å². The Morgan fingerprint density at radius 1 is 1.25 bits per heavy atom. The van der Waals surface area contributed by atoms with Crippen LogP contribution in [0.25, 0.3) is 5.69 Å². The molecule has 0 fully saturated rings. The molecule has 1 amide bonds. The third kappa shape index (κ3) is 5.11. The number of aromatic carboxylic acids is 1. The summed E-state index contributed by atoms with van der Waals surface area (Å²) in [7, 11) is 0. The second kappa shape index (κ2) is 7.16. The van der Waals surface area contributed by atoms with Gasteiger partial charge in [0.15, 0.2) is 5.69 Å². The molecule has 6 nitrogen and oxygen atoms in total. The van der Waals surface area contributed by atoms with Crippen molar-refractivity contribution in [2.24, 2.45) is 0 Å². The minimum Gasteiger partial charge on any atom is -0.476 e. The Morgan fingerprint density at radius 3 is 2.62 bits per heavy atom. The minimum absolute atomic E-state index is 0.0671. The lowest BCUT2D eigenvalue weighted by Crippen LogP contribution is -2.24. The molecule has 2 N–H and O–H groups in total. The predicted octanol–water partition coefficient (Wildman–Crippen LogP) is 2.53. The maximum atomic E-state index is 12.0. The fourth-order valence-corrected chi connectivity index (χ4v) is 1.94. The normalized spacial score (nSPS) is 11.3. The van der Waals surface area contributed by atoms with Gasteiger partial charge in [-0.2, -0.15) is 18.3 Å². The lowest BCUT2D eigenvalue weighted by atomic mass is 10.2. The number of amides is 1. The maximum absolute atomic E-state index is 12.0. The van der Waals surface area contributed by atoms with Crippen molar-refractivity contribution in [2.45, 2.75) is 25.6 Å². The van der Waals surface area contributed by atoms with Crippen LogP contribution < -0.4 is 5.32 Å². The SMILES string of the molecule is O=C(CCC(F)(F)F)NCc1cccc(-n2ccc(C(=O)O)n2)c1. The van der Waals surface area contributed by atoms with E-state index in [4.69, 9.17) is 5.11 Å². The first kappa shape index (κ1) is 17.5. The number of hydrogen-bond acceptors (Lipinski definition) is 3. The van der Waals surface area contributed by atoms with Crippen molar-refractivity contribution in [1.82, 2.24) is 15.1 Å². The van der Waals surface area contributed by atoms with Gasteiger partial charge in [0.05, 0.1) is 12.1 Å². The molecule has 0 spiro atoms. The summed E-state index contributed by atoms with van der Waals surface area (Å²) in [5.74, 6) is -1.84. The maximum Gasteiger partial charge on any atom is 0.389 e. The first-order chi connectivity index (χ1) is 11.2. The second-order valence-electron chi connectivity index (χ2n) is 5.01. The number of carbonyl (C=O) groups is 2. The Bertz CT molecular complexity index is 741. The van der Waals surface area contributed by atoms with Crippen LogP contribution in [0.3, 0.4) is 0 Å². The number of halogens is 3. The summed E-state index contributed by atoms with van der Waals surface area (Å²) in [5, 5.41) is 15.1. The largest absolute Gasteiger partial charge is 0.476 e. The molecule has 0 aliphatic carbocycles. The molecule has 2 aromatic rings. The molecule has 9 heteroatoms. The number of benzene rings is 1. The van der Waals surface area contributed by atoms with Crippen molar-refractivity contribution >= 4 is 11.9 Å². The second-order valence-corrected chi connectivity index (χ2v) is 5.01. The van der Waals surface area contributed by atoms with Gasteiger partial charge in [-0.15, -0.1) is 0 Å². The quantitative estimate of drug-likeness (QED) is 0.846. The highest BCUT2D eigenvalue weighted by molar-refractivity contribution is 5.85. The zero-order valence-electron chi connectivity index (χ0n) is 12.4. The zero-order chi connectivity index (χ0) is 17.7. The van der Waals surface area contributed by atoms with E-state index in [1.165, 1.54) is 16.9 Å². The van der Waals surface area contributed by atoms with E-state index in [0.29, 0.717) is 11.3 Å². The Hall–Kier alpha value is -2.84. The van der Waals surface area contributed by atoms with E-state index >= 15 is 0 Å². The highest BCUT2D eigenvalue weighted by atomic mass is 19.4. The summed E-state index contributed by atoms with van der Waals surface area (Å²) in [6.07, 6.45) is -4.67. The van der Waals surface area contributed by atoms with Crippen LogP contribution in [0.2, 0.25) is 0 Å². The van der Waals surface area contributed by atoms with Crippen LogP contribution in [0, 0.1) is 0 Å². The first-order valence-electron chi connectivity index (χ1n) is 6.96. The van der Waals surface area contributed by atoms with Gasteiger partial charge in [-0.3, -0.25) is 4.79 Å². The molecule has 0 bridgehead atoms. The van der Waals surface area contributed by atoms with Crippen molar-refractivity contribution in [3.05, 3.63) is 47.8 Å². The number of nitrogens with one attached hydrogen (secondary N) is 1. The van der Waals surface area contributed by atoms with Crippen molar-refractivity contribution in [3.63, 3.8) is 0 Å². The van der Waals surface area contributed by atoms with Crippen LogP contribution >= 0.6 is 0 Å². The van der Waals surface area contributed by atoms with Crippen LogP contribution in [0.4, 0.5) is 13.2 Å². The minimum atomic E-state index is -4.36. The van der Waals surface area contributed by atoms with Gasteiger partial charge in [-0.25, -0.2) is 9.48 Å². The van der Waals surface area contributed by atoms with Gasteiger partial charge in [-0.1, -0.05) is 12.1 Å².